The maximum absolute atomic E-state index is 13.1. The van der Waals surface area contributed by atoms with E-state index in [0.717, 1.165) is 32.0 Å². The molecule has 2 heterocycles. The summed E-state index contributed by atoms with van der Waals surface area (Å²) in [5, 5.41) is 13.9. The highest BCUT2D eigenvalue weighted by Crippen LogP contribution is 2.17. The monoisotopic (exact) mass is 371 g/mol. The van der Waals surface area contributed by atoms with Crippen molar-refractivity contribution in [3.63, 3.8) is 0 Å². The summed E-state index contributed by atoms with van der Waals surface area (Å²) in [5.41, 5.74) is 0.741. The zero-order chi connectivity index (χ0) is 16.9. The predicted molar refractivity (Wildman–Crippen MR) is 90.8 cm³/mol. The van der Waals surface area contributed by atoms with E-state index in [1.165, 1.54) is 12.1 Å². The molecule has 0 saturated carbocycles. The molecule has 0 bridgehead atoms. The van der Waals surface area contributed by atoms with Gasteiger partial charge in [0.25, 0.3) is 5.91 Å². The second-order valence-electron chi connectivity index (χ2n) is 5.85. The van der Waals surface area contributed by atoms with Crippen molar-refractivity contribution in [3.05, 3.63) is 47.3 Å². The number of carbonyl (C=O) groups is 1. The lowest BCUT2D eigenvalue weighted by molar-refractivity contribution is 0.0949. The Morgan fingerprint density at radius 1 is 1.24 bits per heavy atom. The van der Waals surface area contributed by atoms with Crippen LogP contribution in [0.5, 0.6) is 0 Å². The number of halogens is 3. The fourth-order valence-electron chi connectivity index (χ4n) is 2.80. The first kappa shape index (κ1) is 19.3. The smallest absolute Gasteiger partial charge is 0.273 e. The third kappa shape index (κ3) is 5.20. The van der Waals surface area contributed by atoms with Gasteiger partial charge in [-0.2, -0.15) is 0 Å². The highest BCUT2D eigenvalue weighted by atomic mass is 35.5. The van der Waals surface area contributed by atoms with Gasteiger partial charge in [-0.05, 0) is 50.0 Å². The van der Waals surface area contributed by atoms with E-state index >= 15 is 0 Å². The molecule has 0 radical (unpaired) electrons. The summed E-state index contributed by atoms with van der Waals surface area (Å²) in [5.74, 6) is -1.59. The minimum absolute atomic E-state index is 0. The number of aromatic nitrogens is 3. The molecule has 0 unspecified atom stereocenters. The Balaban J connectivity index is 0.00000225. The van der Waals surface area contributed by atoms with E-state index in [-0.39, 0.29) is 36.6 Å². The Kier molecular flexibility index (Phi) is 6.83. The maximum atomic E-state index is 13.1. The molecule has 1 aliphatic rings. The lowest BCUT2D eigenvalue weighted by Gasteiger charge is -2.22. The predicted octanol–water partition coefficient (Wildman–Crippen LogP) is 1.88. The fraction of sp³-hybridized carbons (Fsp3) is 0.438. The van der Waals surface area contributed by atoms with Crippen molar-refractivity contribution in [2.24, 2.45) is 0 Å². The normalized spacial score (nSPS) is 14.8. The molecule has 0 spiro atoms. The van der Waals surface area contributed by atoms with Crippen LogP contribution in [0.3, 0.4) is 0 Å². The molecule has 2 N–H and O–H groups in total. The van der Waals surface area contributed by atoms with E-state index in [2.05, 4.69) is 20.9 Å². The number of nitrogens with one attached hydrogen (secondary N) is 2. The molecule has 1 aromatic carbocycles. The molecule has 6 nitrogen and oxygen atoms in total. The first-order valence-electron chi connectivity index (χ1n) is 7.97. The summed E-state index contributed by atoms with van der Waals surface area (Å²) in [4.78, 5) is 12.1. The van der Waals surface area contributed by atoms with Gasteiger partial charge >= 0.3 is 0 Å². The topological polar surface area (TPSA) is 71.8 Å². The number of rotatable bonds is 5. The van der Waals surface area contributed by atoms with Crippen LogP contribution in [-0.4, -0.2) is 40.5 Å². The second-order valence-corrected chi connectivity index (χ2v) is 5.85. The lowest BCUT2D eigenvalue weighted by atomic mass is 10.1. The number of hydrogen-bond acceptors (Lipinski definition) is 4. The molecular formula is C16H20ClF2N5O. The number of hydrogen-bond donors (Lipinski definition) is 2. The van der Waals surface area contributed by atoms with Gasteiger partial charge < -0.3 is 10.6 Å². The van der Waals surface area contributed by atoms with E-state index in [1.54, 1.807) is 10.9 Å². The van der Waals surface area contributed by atoms with Gasteiger partial charge in [0.1, 0.15) is 11.6 Å². The van der Waals surface area contributed by atoms with Gasteiger partial charge in [-0.3, -0.25) is 4.79 Å². The van der Waals surface area contributed by atoms with E-state index in [9.17, 15) is 13.6 Å². The van der Waals surface area contributed by atoms with Crippen LogP contribution in [0.25, 0.3) is 0 Å². The van der Waals surface area contributed by atoms with Gasteiger partial charge in [0.2, 0.25) is 0 Å². The van der Waals surface area contributed by atoms with E-state index < -0.39 is 11.6 Å². The molecule has 1 amide bonds. The van der Waals surface area contributed by atoms with Crippen LogP contribution in [0.1, 0.15) is 34.9 Å². The Bertz CT molecular complexity index is 698. The van der Waals surface area contributed by atoms with Crippen molar-refractivity contribution in [2.75, 3.05) is 19.6 Å². The number of benzene rings is 1. The minimum atomic E-state index is -0.624. The summed E-state index contributed by atoms with van der Waals surface area (Å²) in [6.07, 6.45) is 3.89. The third-order valence-electron chi connectivity index (χ3n) is 4.05. The molecule has 136 valence electrons. The van der Waals surface area contributed by atoms with Crippen LogP contribution >= 0.6 is 12.4 Å². The van der Waals surface area contributed by atoms with Gasteiger partial charge in [-0.25, -0.2) is 13.5 Å². The van der Waals surface area contributed by atoms with E-state index in [1.807, 2.05) is 0 Å². The molecule has 1 aromatic heterocycles. The maximum Gasteiger partial charge on any atom is 0.273 e. The molecule has 1 fully saturated rings. The summed E-state index contributed by atoms with van der Waals surface area (Å²) in [6.45, 7) is 2.12. The number of carbonyl (C=O) groups excluding carboxylic acids is 1. The quantitative estimate of drug-likeness (QED) is 0.841. The highest BCUT2D eigenvalue weighted by molar-refractivity contribution is 5.91. The number of nitrogens with zero attached hydrogens (tertiary/aromatic N) is 3. The SMILES string of the molecule is Cl.O=C(NCCc1cc(F)cc(F)c1)c1cn(C2CCNCC2)nn1. The van der Waals surface area contributed by atoms with Crippen molar-refractivity contribution in [1.82, 2.24) is 25.6 Å². The van der Waals surface area contributed by atoms with Crippen LogP contribution < -0.4 is 10.6 Å². The molecule has 3 rings (SSSR count). The molecule has 0 atom stereocenters. The zero-order valence-corrected chi connectivity index (χ0v) is 14.4. The minimum Gasteiger partial charge on any atom is -0.350 e. The highest BCUT2D eigenvalue weighted by Gasteiger charge is 2.18. The standard InChI is InChI=1S/C16H19F2N5O.ClH/c17-12-7-11(8-13(18)9-12)1-6-20-16(24)15-10-23(22-21-15)14-2-4-19-5-3-14;/h7-10,14,19H,1-6H2,(H,20,24);1H. The van der Waals surface area contributed by atoms with Crippen LogP contribution in [0.15, 0.2) is 24.4 Å². The van der Waals surface area contributed by atoms with Crippen molar-refractivity contribution < 1.29 is 13.6 Å². The zero-order valence-electron chi connectivity index (χ0n) is 13.5. The van der Waals surface area contributed by atoms with Crippen molar-refractivity contribution in [3.8, 4) is 0 Å². The van der Waals surface area contributed by atoms with Gasteiger partial charge in [-0.15, -0.1) is 17.5 Å². The van der Waals surface area contributed by atoms with Gasteiger partial charge in [-0.1, -0.05) is 5.21 Å². The summed E-state index contributed by atoms with van der Waals surface area (Å²) < 4.78 is 27.9. The number of piperidine rings is 1. The summed E-state index contributed by atoms with van der Waals surface area (Å²) in [6, 6.07) is 3.59. The molecule has 0 aliphatic carbocycles. The van der Waals surface area contributed by atoms with Crippen molar-refractivity contribution >= 4 is 18.3 Å². The van der Waals surface area contributed by atoms with Crippen LogP contribution in [0, 0.1) is 11.6 Å². The lowest BCUT2D eigenvalue weighted by Crippen LogP contribution is -2.29. The Hall–Kier alpha value is -2.06. The average Bonchev–Trinajstić information content (AvgIpc) is 3.05. The van der Waals surface area contributed by atoms with Crippen LogP contribution in [0.4, 0.5) is 8.78 Å². The summed E-state index contributed by atoms with van der Waals surface area (Å²) in [7, 11) is 0. The van der Waals surface area contributed by atoms with E-state index in [4.69, 9.17) is 0 Å². The van der Waals surface area contributed by atoms with Crippen LogP contribution in [0.2, 0.25) is 0 Å². The molecular weight excluding hydrogens is 352 g/mol. The molecule has 2 aromatic rings. The molecule has 25 heavy (non-hydrogen) atoms. The van der Waals surface area contributed by atoms with Gasteiger partial charge in [0.15, 0.2) is 5.69 Å². The van der Waals surface area contributed by atoms with Gasteiger partial charge in [0.05, 0.1) is 12.2 Å². The Morgan fingerprint density at radius 2 is 1.92 bits per heavy atom. The van der Waals surface area contributed by atoms with Crippen molar-refractivity contribution in [1.29, 1.82) is 0 Å². The third-order valence-corrected chi connectivity index (χ3v) is 4.05. The fourth-order valence-corrected chi connectivity index (χ4v) is 2.80. The largest absolute Gasteiger partial charge is 0.350 e. The van der Waals surface area contributed by atoms with E-state index in [0.29, 0.717) is 12.0 Å². The molecule has 1 saturated heterocycles. The first-order chi connectivity index (χ1) is 11.6. The second kappa shape index (κ2) is 8.87. The summed E-state index contributed by atoms with van der Waals surface area (Å²) >= 11 is 0. The Morgan fingerprint density at radius 3 is 2.60 bits per heavy atom. The molecule has 1 aliphatic heterocycles. The first-order valence-corrected chi connectivity index (χ1v) is 7.97. The van der Waals surface area contributed by atoms with Gasteiger partial charge in [0, 0.05) is 12.6 Å². The Labute approximate surface area is 150 Å². The molecule has 9 heteroatoms. The number of amides is 1. The van der Waals surface area contributed by atoms with Crippen LogP contribution in [-0.2, 0) is 6.42 Å². The van der Waals surface area contributed by atoms with Crippen molar-refractivity contribution in [2.45, 2.75) is 25.3 Å². The average molecular weight is 372 g/mol.